The van der Waals surface area contributed by atoms with Crippen LogP contribution in [-0.4, -0.2) is 39.3 Å². The Morgan fingerprint density at radius 1 is 0.909 bits per heavy atom. The molecule has 0 aliphatic rings. The second-order valence-corrected chi connectivity index (χ2v) is 4.41. The van der Waals surface area contributed by atoms with Crippen LogP contribution in [0.2, 0.25) is 0 Å². The highest BCUT2D eigenvalue weighted by Crippen LogP contribution is 2.10. The van der Waals surface area contributed by atoms with E-state index in [1.54, 1.807) is 0 Å². The molecule has 4 rings (SSSR count). The average Bonchev–Trinajstić information content (AvgIpc) is 3.02. The third-order valence-electron chi connectivity index (χ3n) is 3.06. The van der Waals surface area contributed by atoms with Crippen LogP contribution in [0.5, 0.6) is 0 Å². The number of nitrogen functional groups attached to an aromatic ring is 1. The molecule has 4 aromatic rings. The SMILES string of the molecule is Nc1nc2c(ncn2-n2cnc3c(=O)[nH]c(=O)[nH]c32)c(=O)[nH]1. The first kappa shape index (κ1) is 12.1. The number of aromatic nitrogens is 8. The molecular formula is C10H7N9O3. The van der Waals surface area contributed by atoms with Crippen molar-refractivity contribution in [2.75, 3.05) is 5.73 Å². The van der Waals surface area contributed by atoms with Gasteiger partial charge in [-0.15, -0.1) is 0 Å². The monoisotopic (exact) mass is 301 g/mol. The second kappa shape index (κ2) is 3.91. The van der Waals surface area contributed by atoms with E-state index in [9.17, 15) is 14.4 Å². The molecule has 12 heteroatoms. The van der Waals surface area contributed by atoms with Crippen molar-refractivity contribution in [2.45, 2.75) is 0 Å². The van der Waals surface area contributed by atoms with Crippen molar-refractivity contribution in [1.29, 1.82) is 0 Å². The van der Waals surface area contributed by atoms with Gasteiger partial charge in [-0.2, -0.15) is 4.98 Å². The fourth-order valence-corrected chi connectivity index (χ4v) is 2.16. The maximum absolute atomic E-state index is 11.8. The molecule has 0 spiro atoms. The van der Waals surface area contributed by atoms with Crippen molar-refractivity contribution in [3.8, 4) is 0 Å². The molecule has 0 aromatic carbocycles. The summed E-state index contributed by atoms with van der Waals surface area (Å²) >= 11 is 0. The van der Waals surface area contributed by atoms with Crippen LogP contribution in [0.4, 0.5) is 5.95 Å². The normalized spacial score (nSPS) is 11.5. The standard InChI is InChI=1S/C10H7N9O3/c11-9-14-5-3(7(20)16-9)12-1-18(5)19-2-13-4-6(19)15-10(22)17-8(4)21/h1-2H,(H3,11,14,16,20)(H2,15,17,21,22). The number of H-pyrrole nitrogens is 3. The van der Waals surface area contributed by atoms with E-state index in [0.29, 0.717) is 0 Å². The van der Waals surface area contributed by atoms with Crippen LogP contribution in [0, 0.1) is 0 Å². The van der Waals surface area contributed by atoms with Gasteiger partial charge in [0, 0.05) is 0 Å². The zero-order valence-corrected chi connectivity index (χ0v) is 10.7. The van der Waals surface area contributed by atoms with Crippen LogP contribution in [0.3, 0.4) is 0 Å². The number of hydrogen-bond donors (Lipinski definition) is 4. The molecule has 0 saturated carbocycles. The number of fused-ring (bicyclic) bond motifs is 2. The van der Waals surface area contributed by atoms with E-state index in [1.807, 2.05) is 0 Å². The summed E-state index contributed by atoms with van der Waals surface area (Å²) in [5, 5.41) is 0. The summed E-state index contributed by atoms with van der Waals surface area (Å²) in [5.41, 5.74) is 4.07. The van der Waals surface area contributed by atoms with Crippen molar-refractivity contribution < 1.29 is 0 Å². The number of nitrogens with two attached hydrogens (primary N) is 1. The summed E-state index contributed by atoms with van der Waals surface area (Å²) in [4.78, 5) is 53.6. The van der Waals surface area contributed by atoms with Gasteiger partial charge in [0.15, 0.2) is 22.3 Å². The number of nitrogens with one attached hydrogen (secondary N) is 3. The Morgan fingerprint density at radius 3 is 2.41 bits per heavy atom. The lowest BCUT2D eigenvalue weighted by atomic mass is 10.5. The summed E-state index contributed by atoms with van der Waals surface area (Å²) in [6, 6.07) is 0. The summed E-state index contributed by atoms with van der Waals surface area (Å²) in [7, 11) is 0. The minimum absolute atomic E-state index is 0.0271. The molecule has 12 nitrogen and oxygen atoms in total. The number of hydrogen-bond acceptors (Lipinski definition) is 7. The molecular weight excluding hydrogens is 294 g/mol. The van der Waals surface area contributed by atoms with E-state index < -0.39 is 16.8 Å². The van der Waals surface area contributed by atoms with Crippen molar-refractivity contribution in [1.82, 2.24) is 39.3 Å². The summed E-state index contributed by atoms with van der Waals surface area (Å²) < 4.78 is 2.67. The van der Waals surface area contributed by atoms with E-state index in [-0.39, 0.29) is 28.3 Å². The van der Waals surface area contributed by atoms with E-state index in [2.05, 4.69) is 29.9 Å². The molecule has 0 atom stereocenters. The summed E-state index contributed by atoms with van der Waals surface area (Å²) in [6.07, 6.45) is 2.59. The quantitative estimate of drug-likeness (QED) is 0.307. The molecule has 22 heavy (non-hydrogen) atoms. The molecule has 0 aliphatic carbocycles. The zero-order valence-electron chi connectivity index (χ0n) is 10.7. The van der Waals surface area contributed by atoms with Gasteiger partial charge in [-0.3, -0.25) is 24.5 Å². The highest BCUT2D eigenvalue weighted by Gasteiger charge is 2.14. The first-order chi connectivity index (χ1) is 10.5. The van der Waals surface area contributed by atoms with Crippen LogP contribution in [0.1, 0.15) is 0 Å². The molecule has 0 fully saturated rings. The van der Waals surface area contributed by atoms with Crippen LogP contribution < -0.4 is 22.5 Å². The van der Waals surface area contributed by atoms with Crippen LogP contribution in [-0.2, 0) is 0 Å². The van der Waals surface area contributed by atoms with Crippen molar-refractivity contribution in [2.24, 2.45) is 0 Å². The Hall–Kier alpha value is -3.70. The predicted molar refractivity (Wildman–Crippen MR) is 74.3 cm³/mol. The number of anilines is 1. The van der Waals surface area contributed by atoms with Crippen LogP contribution >= 0.6 is 0 Å². The maximum Gasteiger partial charge on any atom is 0.327 e. The fourth-order valence-electron chi connectivity index (χ4n) is 2.16. The van der Waals surface area contributed by atoms with Crippen molar-refractivity contribution in [3.05, 3.63) is 43.8 Å². The molecule has 0 aliphatic heterocycles. The van der Waals surface area contributed by atoms with Gasteiger partial charge < -0.3 is 5.73 Å². The predicted octanol–water partition coefficient (Wildman–Crippen LogP) is -2.26. The highest BCUT2D eigenvalue weighted by molar-refractivity contribution is 5.73. The van der Waals surface area contributed by atoms with Gasteiger partial charge in [0.25, 0.3) is 11.1 Å². The lowest BCUT2D eigenvalue weighted by Gasteiger charge is -2.05. The maximum atomic E-state index is 11.8. The van der Waals surface area contributed by atoms with E-state index >= 15 is 0 Å². The minimum atomic E-state index is -0.686. The van der Waals surface area contributed by atoms with Crippen molar-refractivity contribution in [3.63, 3.8) is 0 Å². The van der Waals surface area contributed by atoms with Crippen LogP contribution in [0.15, 0.2) is 27.0 Å². The Kier molecular flexibility index (Phi) is 2.14. The molecule has 5 N–H and O–H groups in total. The Bertz CT molecular complexity index is 1200. The number of aromatic amines is 3. The van der Waals surface area contributed by atoms with Gasteiger partial charge in [0.05, 0.1) is 0 Å². The van der Waals surface area contributed by atoms with Gasteiger partial charge in [-0.05, 0) is 0 Å². The first-order valence-corrected chi connectivity index (χ1v) is 5.98. The molecule has 0 amide bonds. The minimum Gasteiger partial charge on any atom is -0.369 e. The van der Waals surface area contributed by atoms with Gasteiger partial charge in [0.2, 0.25) is 5.95 Å². The summed E-state index contributed by atoms with van der Waals surface area (Å²) in [6.45, 7) is 0. The Balaban J connectivity index is 2.15. The molecule has 0 saturated heterocycles. The third kappa shape index (κ3) is 1.51. The number of nitrogens with zero attached hydrogens (tertiary/aromatic N) is 5. The Labute approximate surface area is 118 Å². The summed E-state index contributed by atoms with van der Waals surface area (Å²) in [5.74, 6) is -0.0880. The first-order valence-electron chi connectivity index (χ1n) is 5.98. The largest absolute Gasteiger partial charge is 0.369 e. The van der Waals surface area contributed by atoms with E-state index in [0.717, 1.165) is 0 Å². The van der Waals surface area contributed by atoms with Gasteiger partial charge in [0.1, 0.15) is 12.7 Å². The second-order valence-electron chi connectivity index (χ2n) is 4.41. The smallest absolute Gasteiger partial charge is 0.327 e. The van der Waals surface area contributed by atoms with Gasteiger partial charge in [-0.1, -0.05) is 0 Å². The zero-order chi connectivity index (χ0) is 15.4. The molecule has 0 unspecified atom stereocenters. The van der Waals surface area contributed by atoms with E-state index in [1.165, 1.54) is 22.0 Å². The van der Waals surface area contributed by atoms with Crippen molar-refractivity contribution >= 4 is 28.3 Å². The van der Waals surface area contributed by atoms with E-state index in [4.69, 9.17) is 5.73 Å². The molecule has 4 aromatic heterocycles. The Morgan fingerprint density at radius 2 is 1.59 bits per heavy atom. The average molecular weight is 301 g/mol. The molecule has 0 bridgehead atoms. The fraction of sp³-hybridized carbons (Fsp3) is 0. The highest BCUT2D eigenvalue weighted by atomic mass is 16.2. The molecule has 4 heterocycles. The number of rotatable bonds is 1. The lowest BCUT2D eigenvalue weighted by Crippen LogP contribution is -2.23. The topological polar surface area (TPSA) is 173 Å². The van der Waals surface area contributed by atoms with Crippen LogP contribution in [0.25, 0.3) is 22.3 Å². The lowest BCUT2D eigenvalue weighted by molar-refractivity contribution is 0.686. The molecule has 110 valence electrons. The number of imidazole rings is 2. The molecule has 0 radical (unpaired) electrons. The third-order valence-corrected chi connectivity index (χ3v) is 3.06. The van der Waals surface area contributed by atoms with Gasteiger partial charge in [-0.25, -0.2) is 24.1 Å². The van der Waals surface area contributed by atoms with Gasteiger partial charge >= 0.3 is 5.69 Å².